The molecule has 0 aromatic rings. The Morgan fingerprint density at radius 1 is 1.62 bits per heavy atom. The molecule has 5 heteroatoms. The van der Waals surface area contributed by atoms with Gasteiger partial charge in [-0.05, 0) is 32.1 Å². The molecule has 1 saturated carbocycles. The zero-order chi connectivity index (χ0) is 12.0. The number of nitrogens with zero attached hydrogens (tertiary/aromatic N) is 1. The average molecular weight is 229 g/mol. The number of rotatable bonds is 8. The lowest BCUT2D eigenvalue weighted by atomic mass is 10.0. The van der Waals surface area contributed by atoms with E-state index in [0.29, 0.717) is 12.3 Å². The fourth-order valence-electron chi connectivity index (χ4n) is 1.90. The maximum atomic E-state index is 8.53. The van der Waals surface area contributed by atoms with Gasteiger partial charge in [0.1, 0.15) is 5.84 Å². The molecule has 1 aliphatic rings. The minimum atomic E-state index is 0.224. The van der Waals surface area contributed by atoms with Crippen LogP contribution in [0.2, 0.25) is 0 Å². The third kappa shape index (κ3) is 4.37. The molecule has 94 valence electrons. The number of amidine groups is 1. The Morgan fingerprint density at radius 3 is 2.81 bits per heavy atom. The van der Waals surface area contributed by atoms with Crippen molar-refractivity contribution in [3.8, 4) is 0 Å². The average Bonchev–Trinajstić information content (AvgIpc) is 2.98. The van der Waals surface area contributed by atoms with Gasteiger partial charge in [0.15, 0.2) is 0 Å². The van der Waals surface area contributed by atoms with E-state index in [4.69, 9.17) is 15.7 Å². The highest BCUT2D eigenvalue weighted by molar-refractivity contribution is 5.80. The Balaban J connectivity index is 2.17. The summed E-state index contributed by atoms with van der Waals surface area (Å²) in [5, 5.41) is 14.9. The van der Waals surface area contributed by atoms with Crippen LogP contribution in [0.4, 0.5) is 0 Å². The van der Waals surface area contributed by atoms with Crippen LogP contribution in [0, 0.1) is 5.41 Å². The van der Waals surface area contributed by atoms with Crippen molar-refractivity contribution >= 4 is 5.84 Å². The standard InChI is InChI=1S/C11H23N3O2/c1-3-16-9(2)7-13-8-11(4-5-11)6-10(12)14-15/h9,13,15H,3-8H2,1-2H3,(H2,12,14). The van der Waals surface area contributed by atoms with Gasteiger partial charge in [-0.25, -0.2) is 0 Å². The fourth-order valence-corrected chi connectivity index (χ4v) is 1.90. The van der Waals surface area contributed by atoms with Gasteiger partial charge in [0, 0.05) is 26.1 Å². The van der Waals surface area contributed by atoms with Crippen LogP contribution in [0.5, 0.6) is 0 Å². The van der Waals surface area contributed by atoms with Crippen molar-refractivity contribution in [1.82, 2.24) is 5.32 Å². The van der Waals surface area contributed by atoms with Gasteiger partial charge in [0.25, 0.3) is 0 Å². The maximum Gasteiger partial charge on any atom is 0.139 e. The minimum absolute atomic E-state index is 0.224. The summed E-state index contributed by atoms with van der Waals surface area (Å²) in [6.45, 7) is 6.57. The quantitative estimate of drug-likeness (QED) is 0.250. The van der Waals surface area contributed by atoms with Crippen molar-refractivity contribution in [2.45, 2.75) is 39.2 Å². The smallest absolute Gasteiger partial charge is 0.139 e. The van der Waals surface area contributed by atoms with Crippen LogP contribution in [0.1, 0.15) is 33.1 Å². The molecule has 0 amide bonds. The van der Waals surface area contributed by atoms with E-state index in [-0.39, 0.29) is 11.5 Å². The molecule has 1 atom stereocenters. The van der Waals surface area contributed by atoms with E-state index >= 15 is 0 Å². The van der Waals surface area contributed by atoms with Crippen molar-refractivity contribution < 1.29 is 9.94 Å². The second kappa shape index (κ2) is 6.06. The van der Waals surface area contributed by atoms with E-state index in [0.717, 1.165) is 32.5 Å². The molecule has 0 radical (unpaired) electrons. The second-order valence-corrected chi connectivity index (χ2v) is 4.66. The summed E-state index contributed by atoms with van der Waals surface area (Å²) >= 11 is 0. The largest absolute Gasteiger partial charge is 0.409 e. The lowest BCUT2D eigenvalue weighted by Crippen LogP contribution is -2.33. The van der Waals surface area contributed by atoms with Crippen LogP contribution < -0.4 is 11.1 Å². The highest BCUT2D eigenvalue weighted by Gasteiger charge is 2.42. The third-order valence-electron chi connectivity index (χ3n) is 3.02. The molecule has 0 spiro atoms. The van der Waals surface area contributed by atoms with Gasteiger partial charge in [-0.15, -0.1) is 0 Å². The first-order valence-electron chi connectivity index (χ1n) is 5.90. The highest BCUT2D eigenvalue weighted by Crippen LogP contribution is 2.48. The molecule has 1 aliphatic carbocycles. The highest BCUT2D eigenvalue weighted by atomic mass is 16.5. The van der Waals surface area contributed by atoms with E-state index in [1.807, 2.05) is 6.92 Å². The molecule has 0 saturated heterocycles. The van der Waals surface area contributed by atoms with Crippen LogP contribution in [0.15, 0.2) is 5.16 Å². The van der Waals surface area contributed by atoms with Gasteiger partial charge in [0.05, 0.1) is 6.10 Å². The van der Waals surface area contributed by atoms with Gasteiger partial charge in [-0.3, -0.25) is 0 Å². The number of ether oxygens (including phenoxy) is 1. The Bertz CT molecular complexity index is 239. The first-order valence-corrected chi connectivity index (χ1v) is 5.90. The SMILES string of the molecule is CCOC(C)CNCC1(CC(N)=NO)CC1. The summed E-state index contributed by atoms with van der Waals surface area (Å²) in [4.78, 5) is 0. The first-order chi connectivity index (χ1) is 7.62. The first kappa shape index (κ1) is 13.3. The second-order valence-electron chi connectivity index (χ2n) is 4.66. The normalized spacial score (nSPS) is 20.8. The fraction of sp³-hybridized carbons (Fsp3) is 0.909. The molecular formula is C11H23N3O2. The van der Waals surface area contributed by atoms with Crippen molar-refractivity contribution in [1.29, 1.82) is 0 Å². The van der Waals surface area contributed by atoms with Gasteiger partial charge in [0.2, 0.25) is 0 Å². The maximum absolute atomic E-state index is 8.53. The number of hydrogen-bond acceptors (Lipinski definition) is 4. The third-order valence-corrected chi connectivity index (χ3v) is 3.02. The number of hydrogen-bond donors (Lipinski definition) is 3. The van der Waals surface area contributed by atoms with Gasteiger partial charge < -0.3 is 21.0 Å². The lowest BCUT2D eigenvalue weighted by molar-refractivity contribution is 0.0752. The molecule has 16 heavy (non-hydrogen) atoms. The predicted molar refractivity (Wildman–Crippen MR) is 63.7 cm³/mol. The Hall–Kier alpha value is -0.810. The molecule has 1 rings (SSSR count). The summed E-state index contributed by atoms with van der Waals surface area (Å²) in [6.07, 6.45) is 3.22. The van der Waals surface area contributed by atoms with E-state index in [9.17, 15) is 0 Å². The van der Waals surface area contributed by atoms with Gasteiger partial charge in [-0.1, -0.05) is 5.16 Å². The lowest BCUT2D eigenvalue weighted by Gasteiger charge is -2.17. The molecular weight excluding hydrogens is 206 g/mol. The van der Waals surface area contributed by atoms with Gasteiger partial charge >= 0.3 is 0 Å². The van der Waals surface area contributed by atoms with Crippen LogP contribution in [-0.2, 0) is 4.74 Å². The number of nitrogens with one attached hydrogen (secondary N) is 1. The Labute approximate surface area is 97.0 Å². The Kier molecular flexibility index (Phi) is 5.02. The van der Waals surface area contributed by atoms with Crippen molar-refractivity contribution in [2.75, 3.05) is 19.7 Å². The summed E-state index contributed by atoms with van der Waals surface area (Å²) in [7, 11) is 0. The molecule has 1 fully saturated rings. The van der Waals surface area contributed by atoms with E-state index < -0.39 is 0 Å². The van der Waals surface area contributed by atoms with E-state index in [1.54, 1.807) is 0 Å². The van der Waals surface area contributed by atoms with Crippen molar-refractivity contribution in [3.05, 3.63) is 0 Å². The van der Waals surface area contributed by atoms with Crippen LogP contribution >= 0.6 is 0 Å². The number of nitrogens with two attached hydrogens (primary N) is 1. The summed E-state index contributed by atoms with van der Waals surface area (Å²) in [5.74, 6) is 0.331. The van der Waals surface area contributed by atoms with Crippen LogP contribution in [0.3, 0.4) is 0 Å². The molecule has 4 N–H and O–H groups in total. The number of oxime groups is 1. The molecule has 0 aromatic carbocycles. The molecule has 0 aliphatic heterocycles. The van der Waals surface area contributed by atoms with Crippen LogP contribution in [-0.4, -0.2) is 36.8 Å². The molecule has 0 bridgehead atoms. The zero-order valence-corrected chi connectivity index (χ0v) is 10.2. The summed E-state index contributed by atoms with van der Waals surface area (Å²) in [5.41, 5.74) is 5.75. The summed E-state index contributed by atoms with van der Waals surface area (Å²) < 4.78 is 5.43. The van der Waals surface area contributed by atoms with Crippen molar-refractivity contribution in [2.24, 2.45) is 16.3 Å². The topological polar surface area (TPSA) is 79.9 Å². The van der Waals surface area contributed by atoms with E-state index in [2.05, 4.69) is 17.4 Å². The van der Waals surface area contributed by atoms with E-state index in [1.165, 1.54) is 0 Å². The molecule has 0 heterocycles. The molecule has 1 unspecified atom stereocenters. The summed E-state index contributed by atoms with van der Waals surface area (Å²) in [6, 6.07) is 0. The Morgan fingerprint density at radius 2 is 2.31 bits per heavy atom. The molecule has 5 nitrogen and oxygen atoms in total. The monoisotopic (exact) mass is 229 g/mol. The minimum Gasteiger partial charge on any atom is -0.409 e. The predicted octanol–water partition coefficient (Wildman–Crippen LogP) is 0.918. The van der Waals surface area contributed by atoms with Crippen LogP contribution in [0.25, 0.3) is 0 Å². The van der Waals surface area contributed by atoms with Crippen molar-refractivity contribution in [3.63, 3.8) is 0 Å². The zero-order valence-electron chi connectivity index (χ0n) is 10.2. The molecule has 0 aromatic heterocycles. The van der Waals surface area contributed by atoms with Gasteiger partial charge in [-0.2, -0.15) is 0 Å².